The van der Waals surface area contributed by atoms with Crippen LogP contribution in [-0.2, 0) is 11.3 Å². The average molecular weight is 368 g/mol. The summed E-state index contributed by atoms with van der Waals surface area (Å²) < 4.78 is 10.9. The second kappa shape index (κ2) is 6.09. The highest BCUT2D eigenvalue weighted by Gasteiger charge is 2.32. The lowest BCUT2D eigenvalue weighted by molar-refractivity contribution is -0.117. The second-order valence-corrected chi connectivity index (χ2v) is 5.79. The van der Waals surface area contributed by atoms with Crippen molar-refractivity contribution in [3.63, 3.8) is 0 Å². The maximum Gasteiger partial charge on any atom is 0.437 e. The van der Waals surface area contributed by atoms with Crippen LogP contribution in [0.25, 0.3) is 11.7 Å². The Morgan fingerprint density at radius 1 is 1.15 bits per heavy atom. The molecule has 0 unspecified atom stereocenters. The minimum Gasteiger partial charge on any atom is -0.459 e. The molecule has 0 saturated heterocycles. The Hall–Kier alpha value is -3.95. The molecule has 4 rings (SSSR count). The maximum absolute atomic E-state index is 12.2. The Morgan fingerprint density at radius 2 is 1.93 bits per heavy atom. The molecule has 0 atom stereocenters. The first-order valence-electron chi connectivity index (χ1n) is 7.82. The maximum atomic E-state index is 12.2. The van der Waals surface area contributed by atoms with Crippen molar-refractivity contribution >= 4 is 23.4 Å². The van der Waals surface area contributed by atoms with Gasteiger partial charge in [-0.15, -0.1) is 5.10 Å². The first-order valence-corrected chi connectivity index (χ1v) is 7.82. The molecule has 0 radical (unpaired) electrons. The van der Waals surface area contributed by atoms with Gasteiger partial charge in [0.25, 0.3) is 17.7 Å². The number of furan rings is 1. The largest absolute Gasteiger partial charge is 0.459 e. The number of hydrogen-bond donors (Lipinski definition) is 1. The van der Waals surface area contributed by atoms with Gasteiger partial charge >= 0.3 is 5.76 Å². The number of carbonyl (C=O) groups excluding carboxylic acids is 3. The van der Waals surface area contributed by atoms with Gasteiger partial charge in [-0.05, 0) is 30.3 Å². The predicted molar refractivity (Wildman–Crippen MR) is 90.0 cm³/mol. The minimum atomic E-state index is -0.812. The fourth-order valence-corrected chi connectivity index (χ4v) is 2.68. The number of hydrogen-bond acceptors (Lipinski definition) is 7. The number of fused-ring (bicyclic) bond motifs is 1. The van der Waals surface area contributed by atoms with Gasteiger partial charge in [0, 0.05) is 12.7 Å². The third-order valence-electron chi connectivity index (χ3n) is 4.01. The Labute approximate surface area is 151 Å². The lowest BCUT2D eigenvalue weighted by Gasteiger charge is -2.05. The highest BCUT2D eigenvalue weighted by Crippen LogP contribution is 2.24. The van der Waals surface area contributed by atoms with Crippen molar-refractivity contribution in [3.05, 3.63) is 58.3 Å². The summed E-state index contributed by atoms with van der Waals surface area (Å²) in [6.07, 6.45) is 1.40. The van der Waals surface area contributed by atoms with Gasteiger partial charge in [0.1, 0.15) is 6.54 Å². The third kappa shape index (κ3) is 2.82. The normalized spacial score (nSPS) is 13.1. The van der Waals surface area contributed by atoms with E-state index < -0.39 is 30.0 Å². The zero-order chi connectivity index (χ0) is 19.1. The summed E-state index contributed by atoms with van der Waals surface area (Å²) in [7, 11) is 1.39. The van der Waals surface area contributed by atoms with Gasteiger partial charge in [-0.1, -0.05) is 0 Å². The fraction of sp³-hybridized carbons (Fsp3) is 0.118. The van der Waals surface area contributed by atoms with Crippen LogP contribution in [-0.4, -0.2) is 39.4 Å². The van der Waals surface area contributed by atoms with Crippen LogP contribution < -0.4 is 11.1 Å². The van der Waals surface area contributed by atoms with E-state index in [-0.39, 0.29) is 22.8 Å². The summed E-state index contributed by atoms with van der Waals surface area (Å²) >= 11 is 0. The molecule has 3 heterocycles. The lowest BCUT2D eigenvalue weighted by atomic mass is 10.1. The van der Waals surface area contributed by atoms with Crippen molar-refractivity contribution in [1.82, 2.24) is 14.7 Å². The van der Waals surface area contributed by atoms with Crippen LogP contribution in [0, 0.1) is 0 Å². The summed E-state index contributed by atoms with van der Waals surface area (Å²) in [6, 6.07) is 7.55. The first kappa shape index (κ1) is 16.5. The average Bonchev–Trinajstić information content (AvgIpc) is 3.34. The van der Waals surface area contributed by atoms with Gasteiger partial charge in [0.2, 0.25) is 5.91 Å². The SMILES string of the molecule is CN1C(=O)c2ccc(NC(=O)Cn3nc(-c4ccco4)oc3=O)cc2C1=O. The van der Waals surface area contributed by atoms with Crippen LogP contribution in [0.4, 0.5) is 5.69 Å². The number of carbonyl (C=O) groups is 3. The Balaban J connectivity index is 1.51. The van der Waals surface area contributed by atoms with Gasteiger partial charge < -0.3 is 14.2 Å². The molecule has 10 nitrogen and oxygen atoms in total. The number of nitrogens with zero attached hydrogens (tertiary/aromatic N) is 3. The number of aromatic nitrogens is 2. The molecule has 0 bridgehead atoms. The van der Waals surface area contributed by atoms with Crippen molar-refractivity contribution in [2.45, 2.75) is 6.54 Å². The number of amides is 3. The molecule has 1 aliphatic heterocycles. The summed E-state index contributed by atoms with van der Waals surface area (Å²) in [6.45, 7) is -0.396. The molecule has 0 saturated carbocycles. The summed E-state index contributed by atoms with van der Waals surface area (Å²) in [4.78, 5) is 48.9. The first-order chi connectivity index (χ1) is 12.9. The number of anilines is 1. The monoisotopic (exact) mass is 368 g/mol. The zero-order valence-electron chi connectivity index (χ0n) is 14.0. The van der Waals surface area contributed by atoms with Crippen molar-refractivity contribution < 1.29 is 23.2 Å². The van der Waals surface area contributed by atoms with Crippen LogP contribution in [0.5, 0.6) is 0 Å². The fourth-order valence-electron chi connectivity index (χ4n) is 2.68. The molecule has 1 N–H and O–H groups in total. The quantitative estimate of drug-likeness (QED) is 0.679. The molecular weight excluding hydrogens is 356 g/mol. The molecule has 3 aromatic rings. The Kier molecular flexibility index (Phi) is 3.73. The summed E-state index contributed by atoms with van der Waals surface area (Å²) in [5, 5.41) is 6.46. The standard InChI is InChI=1S/C17H12N4O6/c1-20-15(23)10-5-4-9(7-11(10)16(20)24)18-13(22)8-21-17(25)27-14(19-21)12-3-2-6-26-12/h2-7H,8H2,1H3,(H,18,22). The van der Waals surface area contributed by atoms with E-state index in [0.717, 1.165) is 9.58 Å². The predicted octanol–water partition coefficient (Wildman–Crippen LogP) is 0.961. The molecule has 27 heavy (non-hydrogen) atoms. The van der Waals surface area contributed by atoms with Gasteiger partial charge in [0.15, 0.2) is 5.76 Å². The molecule has 0 fully saturated rings. The van der Waals surface area contributed by atoms with E-state index in [1.165, 1.54) is 31.5 Å². The molecule has 3 amide bonds. The van der Waals surface area contributed by atoms with Crippen molar-refractivity contribution in [2.24, 2.45) is 0 Å². The topological polar surface area (TPSA) is 128 Å². The van der Waals surface area contributed by atoms with Crippen LogP contribution in [0.15, 0.2) is 50.2 Å². The molecule has 136 valence electrons. The van der Waals surface area contributed by atoms with Gasteiger partial charge in [0.05, 0.1) is 17.4 Å². The summed E-state index contributed by atoms with van der Waals surface area (Å²) in [5.41, 5.74) is 0.799. The van der Waals surface area contributed by atoms with E-state index in [4.69, 9.17) is 8.83 Å². The van der Waals surface area contributed by atoms with E-state index >= 15 is 0 Å². The molecule has 1 aliphatic rings. The highest BCUT2D eigenvalue weighted by molar-refractivity contribution is 6.21. The second-order valence-electron chi connectivity index (χ2n) is 5.79. The van der Waals surface area contributed by atoms with Crippen molar-refractivity contribution in [3.8, 4) is 11.7 Å². The third-order valence-corrected chi connectivity index (χ3v) is 4.01. The Bertz CT molecular complexity index is 1120. The lowest BCUT2D eigenvalue weighted by Crippen LogP contribution is -2.26. The van der Waals surface area contributed by atoms with Crippen molar-refractivity contribution in [1.29, 1.82) is 0 Å². The van der Waals surface area contributed by atoms with Gasteiger partial charge in [-0.3, -0.25) is 19.3 Å². The number of imide groups is 1. The van der Waals surface area contributed by atoms with E-state index in [0.29, 0.717) is 5.69 Å². The number of rotatable bonds is 4. The Morgan fingerprint density at radius 3 is 2.67 bits per heavy atom. The molecule has 2 aromatic heterocycles. The minimum absolute atomic E-state index is 0.0394. The van der Waals surface area contributed by atoms with E-state index in [1.54, 1.807) is 12.1 Å². The van der Waals surface area contributed by atoms with Gasteiger partial charge in [-0.25, -0.2) is 4.79 Å². The molecule has 0 spiro atoms. The molecular formula is C17H12N4O6. The summed E-state index contributed by atoms with van der Waals surface area (Å²) in [5.74, 6) is -1.98. The molecule has 0 aliphatic carbocycles. The van der Waals surface area contributed by atoms with Crippen LogP contribution in [0.1, 0.15) is 20.7 Å². The van der Waals surface area contributed by atoms with E-state index in [2.05, 4.69) is 10.4 Å². The highest BCUT2D eigenvalue weighted by atomic mass is 16.4. The molecule has 1 aromatic carbocycles. The van der Waals surface area contributed by atoms with Crippen LogP contribution in [0.3, 0.4) is 0 Å². The van der Waals surface area contributed by atoms with Crippen molar-refractivity contribution in [2.75, 3.05) is 12.4 Å². The van der Waals surface area contributed by atoms with E-state index in [9.17, 15) is 19.2 Å². The number of nitrogens with one attached hydrogen (secondary N) is 1. The van der Waals surface area contributed by atoms with Crippen LogP contribution in [0.2, 0.25) is 0 Å². The number of benzene rings is 1. The molecule has 10 heteroatoms. The smallest absolute Gasteiger partial charge is 0.437 e. The van der Waals surface area contributed by atoms with E-state index in [1.807, 2.05) is 0 Å². The van der Waals surface area contributed by atoms with Gasteiger partial charge in [-0.2, -0.15) is 4.68 Å². The zero-order valence-corrected chi connectivity index (χ0v) is 14.0. The van der Waals surface area contributed by atoms with Crippen LogP contribution >= 0.6 is 0 Å².